The molecule has 1 unspecified atom stereocenters. The summed E-state index contributed by atoms with van der Waals surface area (Å²) in [6, 6.07) is 1.94. The summed E-state index contributed by atoms with van der Waals surface area (Å²) >= 11 is 0. The van der Waals surface area contributed by atoms with Crippen LogP contribution in [0.2, 0.25) is 0 Å². The average Bonchev–Trinajstić information content (AvgIpc) is 2.54. The van der Waals surface area contributed by atoms with Crippen LogP contribution < -0.4 is 16.2 Å². The first-order chi connectivity index (χ1) is 7.79. The molecule has 2 rings (SSSR count). The Labute approximate surface area is 96.0 Å². The monoisotopic (exact) mass is 221 g/mol. The maximum absolute atomic E-state index is 5.31. The van der Waals surface area contributed by atoms with Gasteiger partial charge in [-0.05, 0) is 31.2 Å². The lowest BCUT2D eigenvalue weighted by Gasteiger charge is -2.21. The van der Waals surface area contributed by atoms with Crippen LogP contribution in [0.1, 0.15) is 26.2 Å². The Balaban J connectivity index is 2.10. The zero-order chi connectivity index (χ0) is 11.4. The van der Waals surface area contributed by atoms with E-state index < -0.39 is 0 Å². The van der Waals surface area contributed by atoms with E-state index in [1.54, 1.807) is 6.20 Å². The van der Waals surface area contributed by atoms with Crippen LogP contribution >= 0.6 is 0 Å². The van der Waals surface area contributed by atoms with Crippen LogP contribution in [0.4, 0.5) is 11.8 Å². The highest BCUT2D eigenvalue weighted by atomic mass is 15.3. The maximum atomic E-state index is 5.31. The Morgan fingerprint density at radius 1 is 1.44 bits per heavy atom. The largest absolute Gasteiger partial charge is 0.356 e. The van der Waals surface area contributed by atoms with E-state index in [1.165, 1.54) is 19.3 Å². The quantitative estimate of drug-likeness (QED) is 0.583. The first-order valence-electron chi connectivity index (χ1n) is 5.84. The molecule has 0 aliphatic carbocycles. The van der Waals surface area contributed by atoms with E-state index >= 15 is 0 Å². The second-order valence-electron chi connectivity index (χ2n) is 4.41. The number of aromatic nitrogens is 2. The molecule has 1 atom stereocenters. The van der Waals surface area contributed by atoms with Crippen molar-refractivity contribution in [3.63, 3.8) is 0 Å². The molecule has 0 saturated carbocycles. The molecule has 5 heteroatoms. The fourth-order valence-electron chi connectivity index (χ4n) is 2.09. The Hall–Kier alpha value is -1.36. The van der Waals surface area contributed by atoms with Crippen molar-refractivity contribution in [2.75, 3.05) is 23.4 Å². The third kappa shape index (κ3) is 2.61. The number of nitrogens with one attached hydrogen (secondary N) is 1. The van der Waals surface area contributed by atoms with Crippen molar-refractivity contribution in [3.05, 3.63) is 12.3 Å². The van der Waals surface area contributed by atoms with E-state index in [4.69, 9.17) is 5.84 Å². The van der Waals surface area contributed by atoms with E-state index in [9.17, 15) is 0 Å². The van der Waals surface area contributed by atoms with Crippen molar-refractivity contribution in [1.82, 2.24) is 9.97 Å². The van der Waals surface area contributed by atoms with Crippen LogP contribution in [0.25, 0.3) is 0 Å². The first-order valence-corrected chi connectivity index (χ1v) is 5.84. The molecule has 1 aliphatic rings. The molecule has 1 saturated heterocycles. The summed E-state index contributed by atoms with van der Waals surface area (Å²) in [7, 11) is 0. The number of nitrogens with two attached hydrogens (primary N) is 1. The van der Waals surface area contributed by atoms with Crippen molar-refractivity contribution in [2.45, 2.75) is 26.2 Å². The lowest BCUT2D eigenvalue weighted by atomic mass is 10.0. The van der Waals surface area contributed by atoms with Gasteiger partial charge in [0.25, 0.3) is 0 Å². The van der Waals surface area contributed by atoms with Crippen molar-refractivity contribution in [2.24, 2.45) is 11.8 Å². The van der Waals surface area contributed by atoms with Gasteiger partial charge in [-0.25, -0.2) is 10.8 Å². The van der Waals surface area contributed by atoms with E-state index in [1.807, 2.05) is 6.07 Å². The van der Waals surface area contributed by atoms with Gasteiger partial charge in [0.2, 0.25) is 5.95 Å². The molecular formula is C11H19N5. The molecule has 88 valence electrons. The molecule has 3 N–H and O–H groups in total. The van der Waals surface area contributed by atoms with Crippen LogP contribution in [0.5, 0.6) is 0 Å². The second kappa shape index (κ2) is 5.12. The summed E-state index contributed by atoms with van der Waals surface area (Å²) in [5, 5.41) is 0. The number of anilines is 2. The number of hydrogen-bond donors (Lipinski definition) is 2. The number of nitrogens with zero attached hydrogens (tertiary/aromatic N) is 3. The molecule has 1 aliphatic heterocycles. The van der Waals surface area contributed by atoms with E-state index in [-0.39, 0.29) is 0 Å². The highest BCUT2D eigenvalue weighted by molar-refractivity contribution is 5.42. The summed E-state index contributed by atoms with van der Waals surface area (Å²) in [4.78, 5) is 10.7. The molecule has 0 aromatic carbocycles. The van der Waals surface area contributed by atoms with Crippen molar-refractivity contribution >= 4 is 11.8 Å². The molecule has 0 amide bonds. The molecule has 1 fully saturated rings. The Kier molecular flexibility index (Phi) is 3.56. The maximum Gasteiger partial charge on any atom is 0.239 e. The van der Waals surface area contributed by atoms with Crippen molar-refractivity contribution in [1.29, 1.82) is 0 Å². The van der Waals surface area contributed by atoms with Gasteiger partial charge in [-0.15, -0.1) is 0 Å². The van der Waals surface area contributed by atoms with Gasteiger partial charge < -0.3 is 4.90 Å². The van der Waals surface area contributed by atoms with Crippen LogP contribution in [-0.4, -0.2) is 23.1 Å². The molecule has 5 nitrogen and oxygen atoms in total. The van der Waals surface area contributed by atoms with E-state index in [0.29, 0.717) is 5.95 Å². The summed E-state index contributed by atoms with van der Waals surface area (Å²) in [6.07, 6.45) is 5.52. The third-order valence-corrected chi connectivity index (χ3v) is 3.11. The van der Waals surface area contributed by atoms with Gasteiger partial charge in [0.05, 0.1) is 0 Å². The Morgan fingerprint density at radius 2 is 2.31 bits per heavy atom. The number of hydrogen-bond acceptors (Lipinski definition) is 5. The lowest BCUT2D eigenvalue weighted by Crippen LogP contribution is -2.25. The fourth-order valence-corrected chi connectivity index (χ4v) is 2.09. The summed E-state index contributed by atoms with van der Waals surface area (Å²) < 4.78 is 0. The Morgan fingerprint density at radius 3 is 3.12 bits per heavy atom. The number of rotatable bonds is 2. The average molecular weight is 221 g/mol. The molecule has 0 radical (unpaired) electrons. The summed E-state index contributed by atoms with van der Waals surface area (Å²) in [5.74, 6) is 7.58. The van der Waals surface area contributed by atoms with Crippen molar-refractivity contribution < 1.29 is 0 Å². The topological polar surface area (TPSA) is 67.1 Å². The highest BCUT2D eigenvalue weighted by Gasteiger charge is 2.15. The van der Waals surface area contributed by atoms with Crippen LogP contribution in [0.3, 0.4) is 0 Å². The molecule has 0 spiro atoms. The molecule has 1 aromatic heterocycles. The summed E-state index contributed by atoms with van der Waals surface area (Å²) in [6.45, 7) is 4.46. The fraction of sp³-hybridized carbons (Fsp3) is 0.636. The SMILES string of the molecule is CC1CCCN(c2ccnc(NN)n2)CC1. The normalized spacial score (nSPS) is 21.6. The second-order valence-corrected chi connectivity index (χ2v) is 4.41. The minimum atomic E-state index is 0.481. The van der Waals surface area contributed by atoms with Crippen molar-refractivity contribution in [3.8, 4) is 0 Å². The minimum Gasteiger partial charge on any atom is -0.356 e. The van der Waals surface area contributed by atoms with Crippen LogP contribution in [-0.2, 0) is 0 Å². The standard InChI is InChI=1S/C11H19N5/c1-9-3-2-7-16(8-5-9)10-4-6-13-11(14-10)15-12/h4,6,9H,2-3,5,7-8,12H2,1H3,(H,13,14,15). The third-order valence-electron chi connectivity index (χ3n) is 3.11. The highest BCUT2D eigenvalue weighted by Crippen LogP contribution is 2.20. The molecule has 16 heavy (non-hydrogen) atoms. The molecule has 0 bridgehead atoms. The Bertz CT molecular complexity index is 341. The van der Waals surface area contributed by atoms with Crippen LogP contribution in [0, 0.1) is 5.92 Å². The molecular weight excluding hydrogens is 202 g/mol. The zero-order valence-corrected chi connectivity index (χ0v) is 9.69. The van der Waals surface area contributed by atoms with Gasteiger partial charge in [-0.2, -0.15) is 4.98 Å². The van der Waals surface area contributed by atoms with Gasteiger partial charge in [0, 0.05) is 19.3 Å². The van der Waals surface area contributed by atoms with Gasteiger partial charge in [0.1, 0.15) is 5.82 Å². The minimum absolute atomic E-state index is 0.481. The van der Waals surface area contributed by atoms with Gasteiger partial charge in [0.15, 0.2) is 0 Å². The van der Waals surface area contributed by atoms with Crippen LogP contribution in [0.15, 0.2) is 12.3 Å². The first kappa shape index (κ1) is 11.1. The lowest BCUT2D eigenvalue weighted by molar-refractivity contribution is 0.521. The number of nitrogen functional groups attached to an aromatic ring is 1. The molecule has 2 heterocycles. The summed E-state index contributed by atoms with van der Waals surface area (Å²) in [5.41, 5.74) is 2.48. The zero-order valence-electron chi connectivity index (χ0n) is 9.69. The predicted octanol–water partition coefficient (Wildman–Crippen LogP) is 1.39. The van der Waals surface area contributed by atoms with Gasteiger partial charge in [-0.1, -0.05) is 6.92 Å². The number of hydrazine groups is 1. The predicted molar refractivity (Wildman–Crippen MR) is 65.1 cm³/mol. The molecule has 1 aromatic rings. The van der Waals surface area contributed by atoms with Gasteiger partial charge in [-0.3, -0.25) is 5.43 Å². The smallest absolute Gasteiger partial charge is 0.239 e. The van der Waals surface area contributed by atoms with Gasteiger partial charge >= 0.3 is 0 Å². The van der Waals surface area contributed by atoms with E-state index in [2.05, 4.69) is 27.2 Å². The van der Waals surface area contributed by atoms with E-state index in [0.717, 1.165) is 24.8 Å².